The number of anilines is 3. The van der Waals surface area contributed by atoms with Gasteiger partial charge in [0.05, 0.1) is 5.52 Å². The maximum absolute atomic E-state index is 8.09. The molecule has 0 fully saturated rings. The second-order valence-corrected chi connectivity index (χ2v) is 8.77. The summed E-state index contributed by atoms with van der Waals surface area (Å²) >= 11 is 8.36. The molecule has 0 bridgehead atoms. The molecule has 0 aliphatic rings. The SMILES string of the molecule is CC(=N)c1cc(Nc2nn(-c3cccc(Cl)n3)c3ccccc23)ccc1NPI. The Bertz CT molecular complexity index is 1210. The lowest BCUT2D eigenvalue weighted by atomic mass is 10.1. The van der Waals surface area contributed by atoms with Gasteiger partial charge in [-0.05, 0) is 71.4 Å². The minimum atomic E-state index is 0.418. The van der Waals surface area contributed by atoms with Gasteiger partial charge in [0.25, 0.3) is 0 Å². The number of benzene rings is 2. The van der Waals surface area contributed by atoms with Crippen LogP contribution in [0.25, 0.3) is 16.7 Å². The number of pyridine rings is 1. The van der Waals surface area contributed by atoms with E-state index in [0.717, 1.165) is 27.8 Å². The van der Waals surface area contributed by atoms with Gasteiger partial charge in [-0.1, -0.05) is 29.8 Å². The highest BCUT2D eigenvalue weighted by atomic mass is 127. The van der Waals surface area contributed by atoms with Gasteiger partial charge in [-0.15, -0.1) is 5.10 Å². The molecule has 29 heavy (non-hydrogen) atoms. The maximum atomic E-state index is 8.09. The third kappa shape index (κ3) is 4.22. The summed E-state index contributed by atoms with van der Waals surface area (Å²) < 4.78 is 1.78. The van der Waals surface area contributed by atoms with Gasteiger partial charge in [-0.25, -0.2) is 9.67 Å². The van der Waals surface area contributed by atoms with Crippen LogP contribution in [0.3, 0.4) is 0 Å². The molecule has 3 N–H and O–H groups in total. The zero-order chi connectivity index (χ0) is 20.4. The second kappa shape index (κ2) is 8.65. The molecule has 4 aromatic rings. The van der Waals surface area contributed by atoms with E-state index < -0.39 is 0 Å². The highest BCUT2D eigenvalue weighted by molar-refractivity contribution is 14.2. The molecule has 9 heteroatoms. The third-order valence-electron chi connectivity index (χ3n) is 4.37. The maximum Gasteiger partial charge on any atom is 0.160 e. The number of fused-ring (bicyclic) bond motifs is 1. The Hall–Kier alpha value is -2.22. The molecular formula is C20H17ClIN6P. The summed E-state index contributed by atoms with van der Waals surface area (Å²) in [6.07, 6.45) is 0.537. The van der Waals surface area contributed by atoms with E-state index in [1.54, 1.807) is 17.7 Å². The molecule has 0 aliphatic carbocycles. The molecule has 1 unspecified atom stereocenters. The van der Waals surface area contributed by atoms with Gasteiger partial charge < -0.3 is 15.8 Å². The van der Waals surface area contributed by atoms with Crippen molar-refractivity contribution in [3.8, 4) is 5.82 Å². The van der Waals surface area contributed by atoms with E-state index in [4.69, 9.17) is 22.1 Å². The average molecular weight is 535 g/mol. The summed E-state index contributed by atoms with van der Waals surface area (Å²) in [5, 5.41) is 20.9. The van der Waals surface area contributed by atoms with Crippen molar-refractivity contribution in [3.05, 3.63) is 71.4 Å². The fourth-order valence-electron chi connectivity index (χ4n) is 3.08. The topological polar surface area (TPSA) is 78.6 Å². The fraction of sp³-hybridized carbons (Fsp3) is 0.0500. The van der Waals surface area contributed by atoms with Gasteiger partial charge in [0.15, 0.2) is 11.6 Å². The minimum absolute atomic E-state index is 0.418. The molecule has 2 aromatic heterocycles. The molecular weight excluding hydrogens is 518 g/mol. The number of nitrogens with one attached hydrogen (secondary N) is 3. The standard InChI is InChI=1S/C20H17ClIN6P/c1-12(23)15-11-13(9-10-16(15)27-29-22)24-20-14-5-2-3-6-17(14)28(26-20)19-8-4-7-18(21)25-19/h2-11,23,27,29H,1H3,(H,24,26). The van der Waals surface area contributed by atoms with Crippen molar-refractivity contribution in [3.63, 3.8) is 0 Å². The largest absolute Gasteiger partial charge is 0.358 e. The van der Waals surface area contributed by atoms with Crippen molar-refractivity contribution >= 4 is 73.8 Å². The van der Waals surface area contributed by atoms with E-state index in [1.807, 2.05) is 54.6 Å². The van der Waals surface area contributed by atoms with Crippen LogP contribution in [0, 0.1) is 5.41 Å². The lowest BCUT2D eigenvalue weighted by Gasteiger charge is -2.12. The number of rotatable bonds is 6. The van der Waals surface area contributed by atoms with Gasteiger partial charge in [0.1, 0.15) is 5.15 Å². The van der Waals surface area contributed by atoms with Crippen LogP contribution in [-0.4, -0.2) is 20.5 Å². The Morgan fingerprint density at radius 2 is 1.97 bits per heavy atom. The Balaban J connectivity index is 1.78. The molecule has 146 valence electrons. The van der Waals surface area contributed by atoms with Crippen molar-refractivity contribution in [2.75, 3.05) is 10.4 Å². The van der Waals surface area contributed by atoms with Crippen LogP contribution < -0.4 is 10.4 Å². The van der Waals surface area contributed by atoms with E-state index in [-0.39, 0.29) is 0 Å². The summed E-state index contributed by atoms with van der Waals surface area (Å²) in [4.78, 5) is 4.39. The summed E-state index contributed by atoms with van der Waals surface area (Å²) in [7, 11) is 0. The summed E-state index contributed by atoms with van der Waals surface area (Å²) in [6.45, 7) is 1.79. The highest BCUT2D eigenvalue weighted by Crippen LogP contribution is 2.32. The molecule has 0 saturated carbocycles. The minimum Gasteiger partial charge on any atom is -0.358 e. The summed E-state index contributed by atoms with van der Waals surface area (Å²) in [6, 6.07) is 19.4. The zero-order valence-corrected chi connectivity index (χ0v) is 19.3. The van der Waals surface area contributed by atoms with Crippen molar-refractivity contribution in [1.82, 2.24) is 14.8 Å². The molecule has 4 rings (SSSR count). The first kappa shape index (κ1) is 20.1. The monoisotopic (exact) mass is 534 g/mol. The van der Waals surface area contributed by atoms with Crippen LogP contribution in [0.4, 0.5) is 17.2 Å². The number of hydrogen-bond acceptors (Lipinski definition) is 5. The first-order valence-corrected chi connectivity index (χ1v) is 13.2. The quantitative estimate of drug-likeness (QED) is 0.113. The van der Waals surface area contributed by atoms with Crippen molar-refractivity contribution in [2.24, 2.45) is 0 Å². The smallest absolute Gasteiger partial charge is 0.160 e. The van der Waals surface area contributed by atoms with Crippen molar-refractivity contribution in [1.29, 1.82) is 5.41 Å². The highest BCUT2D eigenvalue weighted by Gasteiger charge is 2.14. The van der Waals surface area contributed by atoms with Gasteiger partial charge >= 0.3 is 0 Å². The van der Waals surface area contributed by atoms with Gasteiger partial charge in [0, 0.05) is 34.4 Å². The van der Waals surface area contributed by atoms with E-state index in [1.165, 1.54) is 0 Å². The molecule has 0 spiro atoms. The van der Waals surface area contributed by atoms with Crippen LogP contribution in [-0.2, 0) is 0 Å². The predicted octanol–water partition coefficient (Wildman–Crippen LogP) is 6.56. The zero-order valence-electron chi connectivity index (χ0n) is 15.4. The number of aromatic nitrogens is 3. The Labute approximate surface area is 187 Å². The number of para-hydroxylation sites is 1. The van der Waals surface area contributed by atoms with Crippen LogP contribution in [0.5, 0.6) is 0 Å². The Kier molecular flexibility index (Phi) is 5.99. The first-order valence-electron chi connectivity index (χ1n) is 8.76. The van der Waals surface area contributed by atoms with Crippen LogP contribution >= 0.6 is 40.0 Å². The molecule has 0 radical (unpaired) electrons. The van der Waals surface area contributed by atoms with Crippen molar-refractivity contribution in [2.45, 2.75) is 6.92 Å². The van der Waals surface area contributed by atoms with Crippen LogP contribution in [0.2, 0.25) is 5.15 Å². The lowest BCUT2D eigenvalue weighted by Crippen LogP contribution is -2.02. The van der Waals surface area contributed by atoms with Gasteiger partial charge in [0.2, 0.25) is 0 Å². The van der Waals surface area contributed by atoms with E-state index in [9.17, 15) is 0 Å². The van der Waals surface area contributed by atoms with Crippen molar-refractivity contribution < 1.29 is 0 Å². The van der Waals surface area contributed by atoms with Crippen LogP contribution in [0.1, 0.15) is 12.5 Å². The van der Waals surface area contributed by atoms with Gasteiger partial charge in [-0.3, -0.25) is 0 Å². The Morgan fingerprint density at radius 1 is 1.14 bits per heavy atom. The Morgan fingerprint density at radius 3 is 2.72 bits per heavy atom. The summed E-state index contributed by atoms with van der Waals surface area (Å²) in [5.74, 6) is 1.37. The fourth-order valence-corrected chi connectivity index (χ4v) is 4.43. The number of hydrogen-bond donors (Lipinski definition) is 3. The molecule has 2 heterocycles. The molecule has 0 aliphatic heterocycles. The molecule has 2 aromatic carbocycles. The normalized spacial score (nSPS) is 11.3. The lowest BCUT2D eigenvalue weighted by molar-refractivity contribution is 0.878. The first-order chi connectivity index (χ1) is 14.1. The molecule has 1 atom stereocenters. The summed E-state index contributed by atoms with van der Waals surface area (Å²) in [5.41, 5.74) is 4.11. The van der Waals surface area contributed by atoms with Gasteiger partial charge in [-0.2, -0.15) is 0 Å². The van der Waals surface area contributed by atoms with E-state index >= 15 is 0 Å². The number of halogens is 2. The average Bonchev–Trinajstić information content (AvgIpc) is 3.08. The molecule has 0 amide bonds. The number of nitrogens with zero attached hydrogens (tertiary/aromatic N) is 3. The second-order valence-electron chi connectivity index (χ2n) is 6.33. The molecule has 6 nitrogen and oxygen atoms in total. The third-order valence-corrected chi connectivity index (χ3v) is 5.76. The predicted molar refractivity (Wildman–Crippen MR) is 132 cm³/mol. The molecule has 0 saturated heterocycles. The van der Waals surface area contributed by atoms with E-state index in [2.05, 4.69) is 37.4 Å². The van der Waals surface area contributed by atoms with E-state index in [0.29, 0.717) is 28.9 Å². The van der Waals surface area contributed by atoms with Crippen LogP contribution in [0.15, 0.2) is 60.7 Å².